The highest BCUT2D eigenvalue weighted by Crippen LogP contribution is 2.46. The van der Waals surface area contributed by atoms with Crippen LogP contribution in [0.5, 0.6) is 5.75 Å². The Labute approximate surface area is 166 Å². The van der Waals surface area contributed by atoms with E-state index in [9.17, 15) is 4.79 Å². The Hall–Kier alpha value is -2.44. The molecule has 3 aromatic rings. The number of amides is 1. The van der Waals surface area contributed by atoms with Crippen LogP contribution in [0.2, 0.25) is 5.02 Å². The molecule has 2 aromatic carbocycles. The number of fused-ring (bicyclic) bond motifs is 1. The number of aromatic nitrogens is 2. The number of methoxy groups -OCH3 is 1. The fraction of sp³-hybridized carbons (Fsp3) is 0.200. The summed E-state index contributed by atoms with van der Waals surface area (Å²) in [4.78, 5) is 12.4. The molecule has 0 saturated heterocycles. The monoisotopic (exact) mass is 399 g/mol. The third-order valence-corrected chi connectivity index (χ3v) is 5.97. The summed E-state index contributed by atoms with van der Waals surface area (Å²) in [5.41, 5.74) is 3.67. The number of halogens is 1. The van der Waals surface area contributed by atoms with Crippen LogP contribution in [-0.2, 0) is 4.79 Å². The molecule has 0 saturated carbocycles. The van der Waals surface area contributed by atoms with Crippen molar-refractivity contribution in [3.63, 3.8) is 0 Å². The number of ether oxygens (including phenoxy) is 1. The second kappa shape index (κ2) is 7.29. The van der Waals surface area contributed by atoms with Crippen molar-refractivity contribution in [1.29, 1.82) is 0 Å². The molecule has 1 amide bonds. The van der Waals surface area contributed by atoms with E-state index in [1.165, 1.54) is 0 Å². The van der Waals surface area contributed by atoms with Gasteiger partial charge >= 0.3 is 0 Å². The third kappa shape index (κ3) is 3.31. The normalized spacial score (nSPS) is 16.4. The Kier molecular flexibility index (Phi) is 4.85. The molecule has 2 heterocycles. The molecule has 4 rings (SSSR count). The summed E-state index contributed by atoms with van der Waals surface area (Å²) < 4.78 is 7.32. The van der Waals surface area contributed by atoms with E-state index in [2.05, 4.69) is 5.32 Å². The molecule has 27 heavy (non-hydrogen) atoms. The van der Waals surface area contributed by atoms with E-state index in [0.717, 1.165) is 28.3 Å². The molecule has 1 aromatic heterocycles. The predicted octanol–water partition coefficient (Wildman–Crippen LogP) is 4.62. The van der Waals surface area contributed by atoms with E-state index in [1.54, 1.807) is 23.6 Å². The molecule has 0 radical (unpaired) electrons. The summed E-state index contributed by atoms with van der Waals surface area (Å²) in [5, 5.41) is 8.27. The van der Waals surface area contributed by atoms with Crippen LogP contribution in [0.1, 0.15) is 22.1 Å². The van der Waals surface area contributed by atoms with Crippen LogP contribution in [0, 0.1) is 6.92 Å². The summed E-state index contributed by atoms with van der Waals surface area (Å²) in [6, 6.07) is 15.3. The lowest BCUT2D eigenvalue weighted by Gasteiger charge is -2.18. The maximum absolute atomic E-state index is 12.4. The van der Waals surface area contributed by atoms with Gasteiger partial charge in [-0.1, -0.05) is 35.9 Å². The number of carbonyl (C=O) groups excluding carboxylic acids is 1. The Bertz CT molecular complexity index is 1020. The molecule has 1 atom stereocenters. The van der Waals surface area contributed by atoms with Crippen molar-refractivity contribution >= 4 is 35.1 Å². The molecule has 1 N–H and O–H groups in total. The van der Waals surface area contributed by atoms with Crippen molar-refractivity contribution in [1.82, 2.24) is 9.78 Å². The highest BCUT2D eigenvalue weighted by molar-refractivity contribution is 8.00. The maximum atomic E-state index is 12.4. The Morgan fingerprint density at radius 3 is 2.85 bits per heavy atom. The van der Waals surface area contributed by atoms with Gasteiger partial charge in [0.05, 0.1) is 29.5 Å². The van der Waals surface area contributed by atoms with Crippen LogP contribution in [0.3, 0.4) is 0 Å². The van der Waals surface area contributed by atoms with E-state index >= 15 is 0 Å². The number of benzene rings is 2. The number of carbonyl (C=O) groups is 1. The molecule has 7 heteroatoms. The SMILES string of the molecule is COc1ccccc1C1SCC(=O)Nc2c1c(C)nn2-c1cccc(Cl)c1. The molecule has 1 aliphatic heterocycles. The van der Waals surface area contributed by atoms with Gasteiger partial charge in [0, 0.05) is 16.1 Å². The molecule has 1 aliphatic rings. The van der Waals surface area contributed by atoms with Crippen LogP contribution in [0.4, 0.5) is 5.82 Å². The van der Waals surface area contributed by atoms with Gasteiger partial charge in [0.25, 0.3) is 0 Å². The molecule has 0 aliphatic carbocycles. The molecule has 5 nitrogen and oxygen atoms in total. The average molecular weight is 400 g/mol. The number of rotatable bonds is 3. The lowest BCUT2D eigenvalue weighted by molar-refractivity contribution is -0.113. The lowest BCUT2D eigenvalue weighted by atomic mass is 10.0. The zero-order valence-corrected chi connectivity index (χ0v) is 16.5. The van der Waals surface area contributed by atoms with E-state index < -0.39 is 0 Å². The number of para-hydroxylation sites is 1. The number of hydrogen-bond donors (Lipinski definition) is 1. The number of anilines is 1. The van der Waals surface area contributed by atoms with Crippen molar-refractivity contribution in [3.8, 4) is 11.4 Å². The zero-order chi connectivity index (χ0) is 19.0. The van der Waals surface area contributed by atoms with Crippen LogP contribution >= 0.6 is 23.4 Å². The van der Waals surface area contributed by atoms with Gasteiger partial charge in [-0.3, -0.25) is 4.79 Å². The van der Waals surface area contributed by atoms with Crippen LogP contribution < -0.4 is 10.1 Å². The van der Waals surface area contributed by atoms with Crippen LogP contribution in [0.15, 0.2) is 48.5 Å². The third-order valence-electron chi connectivity index (χ3n) is 4.48. The first-order valence-electron chi connectivity index (χ1n) is 8.48. The van der Waals surface area contributed by atoms with Crippen LogP contribution in [0.25, 0.3) is 5.69 Å². The summed E-state index contributed by atoms with van der Waals surface area (Å²) >= 11 is 7.73. The number of nitrogens with one attached hydrogen (secondary N) is 1. The quantitative estimate of drug-likeness (QED) is 0.698. The molecule has 1 unspecified atom stereocenters. The van der Waals surface area contributed by atoms with Gasteiger partial charge in [0.1, 0.15) is 11.6 Å². The molecule has 0 spiro atoms. The lowest BCUT2D eigenvalue weighted by Crippen LogP contribution is -2.15. The Morgan fingerprint density at radius 1 is 1.26 bits per heavy atom. The van der Waals surface area contributed by atoms with E-state index in [1.807, 2.05) is 55.5 Å². The Morgan fingerprint density at radius 2 is 2.07 bits per heavy atom. The first-order chi connectivity index (χ1) is 13.1. The minimum Gasteiger partial charge on any atom is -0.496 e. The van der Waals surface area contributed by atoms with Gasteiger partial charge in [-0.2, -0.15) is 5.10 Å². The number of nitrogens with zero attached hydrogens (tertiary/aromatic N) is 2. The first-order valence-corrected chi connectivity index (χ1v) is 9.91. The molecular weight excluding hydrogens is 382 g/mol. The van der Waals surface area contributed by atoms with Gasteiger partial charge in [-0.25, -0.2) is 4.68 Å². The van der Waals surface area contributed by atoms with Gasteiger partial charge in [-0.05, 0) is 31.2 Å². The van der Waals surface area contributed by atoms with E-state index in [4.69, 9.17) is 21.4 Å². The molecular formula is C20H18ClN3O2S. The summed E-state index contributed by atoms with van der Waals surface area (Å²) in [6.07, 6.45) is 0. The maximum Gasteiger partial charge on any atom is 0.235 e. The molecule has 0 bridgehead atoms. The van der Waals surface area contributed by atoms with Gasteiger partial charge in [0.2, 0.25) is 5.91 Å². The van der Waals surface area contributed by atoms with Crippen molar-refractivity contribution in [2.24, 2.45) is 0 Å². The Balaban J connectivity index is 1.92. The topological polar surface area (TPSA) is 56.1 Å². The van der Waals surface area contributed by atoms with Crippen molar-refractivity contribution in [2.75, 3.05) is 18.2 Å². The van der Waals surface area contributed by atoms with Crippen molar-refractivity contribution in [2.45, 2.75) is 12.2 Å². The standard InChI is InChI=1S/C20H18ClN3O2S/c1-12-18-19(15-8-3-4-9-16(15)26-2)27-11-17(25)22-20(18)24(23-12)14-7-5-6-13(21)10-14/h3-10,19H,11H2,1-2H3,(H,22,25). The zero-order valence-electron chi connectivity index (χ0n) is 14.9. The van der Waals surface area contributed by atoms with Gasteiger partial charge in [0.15, 0.2) is 0 Å². The fourth-order valence-electron chi connectivity index (χ4n) is 3.31. The summed E-state index contributed by atoms with van der Waals surface area (Å²) in [7, 11) is 1.66. The van der Waals surface area contributed by atoms with E-state index in [-0.39, 0.29) is 11.2 Å². The number of hydrogen-bond acceptors (Lipinski definition) is 4. The van der Waals surface area contributed by atoms with Gasteiger partial charge < -0.3 is 10.1 Å². The second-order valence-corrected chi connectivity index (χ2v) is 7.75. The number of aryl methyl sites for hydroxylation is 1. The van der Waals surface area contributed by atoms with Gasteiger partial charge in [-0.15, -0.1) is 11.8 Å². The number of thioether (sulfide) groups is 1. The van der Waals surface area contributed by atoms with E-state index in [0.29, 0.717) is 16.6 Å². The van der Waals surface area contributed by atoms with Crippen molar-refractivity contribution in [3.05, 3.63) is 70.4 Å². The largest absolute Gasteiger partial charge is 0.496 e. The van der Waals surface area contributed by atoms with Crippen molar-refractivity contribution < 1.29 is 9.53 Å². The average Bonchev–Trinajstić information content (AvgIpc) is 2.88. The second-order valence-electron chi connectivity index (χ2n) is 6.22. The minimum atomic E-state index is -0.0666. The first kappa shape index (κ1) is 17.9. The summed E-state index contributed by atoms with van der Waals surface area (Å²) in [6.45, 7) is 1.96. The van der Waals surface area contributed by atoms with Crippen LogP contribution in [-0.4, -0.2) is 28.6 Å². The highest BCUT2D eigenvalue weighted by atomic mass is 35.5. The smallest absolute Gasteiger partial charge is 0.235 e. The summed E-state index contributed by atoms with van der Waals surface area (Å²) in [5.74, 6) is 1.78. The highest BCUT2D eigenvalue weighted by Gasteiger charge is 2.32. The molecule has 138 valence electrons. The predicted molar refractivity (Wildman–Crippen MR) is 109 cm³/mol. The minimum absolute atomic E-state index is 0.0539. The fourth-order valence-corrected chi connectivity index (χ4v) is 4.70. The molecule has 0 fully saturated rings.